The van der Waals surface area contributed by atoms with Crippen molar-refractivity contribution in [3.05, 3.63) is 53.7 Å². The number of pyridine rings is 1. The highest BCUT2D eigenvalue weighted by Gasteiger charge is 2.14. The summed E-state index contributed by atoms with van der Waals surface area (Å²) in [5.74, 6) is -0.952. The maximum atomic E-state index is 11.1. The van der Waals surface area contributed by atoms with Gasteiger partial charge >= 0.3 is 5.97 Å². The van der Waals surface area contributed by atoms with Crippen LogP contribution in [0.2, 0.25) is 0 Å². The van der Waals surface area contributed by atoms with E-state index in [2.05, 4.69) is 37.9 Å². The molecule has 0 spiro atoms. The van der Waals surface area contributed by atoms with Crippen LogP contribution in [0.4, 0.5) is 0 Å². The highest BCUT2D eigenvalue weighted by Crippen LogP contribution is 2.30. The highest BCUT2D eigenvalue weighted by atomic mass is 32.2. The summed E-state index contributed by atoms with van der Waals surface area (Å²) in [7, 11) is 0. The Bertz CT molecular complexity index is 615. The summed E-state index contributed by atoms with van der Waals surface area (Å²) in [5, 5.41) is 9.66. The number of hydrogen-bond donors (Lipinski definition) is 1. The summed E-state index contributed by atoms with van der Waals surface area (Å²) in [6.07, 6.45) is 1.61. The van der Waals surface area contributed by atoms with Crippen LogP contribution < -0.4 is 0 Å². The molecule has 4 heteroatoms. The fourth-order valence-electron chi connectivity index (χ4n) is 1.77. The zero-order chi connectivity index (χ0) is 14.8. The lowest BCUT2D eigenvalue weighted by molar-refractivity contribution is 0.0692. The van der Waals surface area contributed by atoms with E-state index < -0.39 is 5.97 Å². The molecular formula is C16H17NO2S. The molecule has 0 atom stereocenters. The van der Waals surface area contributed by atoms with Crippen molar-refractivity contribution >= 4 is 17.7 Å². The average molecular weight is 287 g/mol. The van der Waals surface area contributed by atoms with Crippen LogP contribution in [0.3, 0.4) is 0 Å². The number of benzene rings is 1. The lowest BCUT2D eigenvalue weighted by Crippen LogP contribution is -2.10. The molecule has 0 fully saturated rings. The molecule has 0 aliphatic heterocycles. The summed E-state index contributed by atoms with van der Waals surface area (Å²) < 4.78 is 0. The number of rotatable bonds is 3. The standard InChI is InChI=1S/C16H17NO2S/c1-16(2,3)11-6-8-12(9-7-11)20-14-13(15(18)19)5-4-10-17-14/h4-10H,1-3H3,(H,18,19). The van der Waals surface area contributed by atoms with Gasteiger partial charge in [0.1, 0.15) is 5.03 Å². The predicted molar refractivity (Wildman–Crippen MR) is 80.5 cm³/mol. The van der Waals surface area contributed by atoms with Gasteiger partial charge in [-0.3, -0.25) is 0 Å². The molecule has 2 rings (SSSR count). The van der Waals surface area contributed by atoms with Gasteiger partial charge < -0.3 is 5.11 Å². The van der Waals surface area contributed by atoms with Gasteiger partial charge in [0.2, 0.25) is 0 Å². The summed E-state index contributed by atoms with van der Waals surface area (Å²) in [5.41, 5.74) is 1.60. The molecule has 1 N–H and O–H groups in total. The second-order valence-electron chi connectivity index (χ2n) is 5.54. The van der Waals surface area contributed by atoms with Gasteiger partial charge in [0.05, 0.1) is 5.56 Å². The molecule has 20 heavy (non-hydrogen) atoms. The molecule has 1 heterocycles. The van der Waals surface area contributed by atoms with E-state index in [0.717, 1.165) is 4.90 Å². The summed E-state index contributed by atoms with van der Waals surface area (Å²) in [4.78, 5) is 16.3. The van der Waals surface area contributed by atoms with Crippen LogP contribution in [0.15, 0.2) is 52.5 Å². The number of carboxylic acids is 1. The van der Waals surface area contributed by atoms with Crippen molar-refractivity contribution in [1.29, 1.82) is 0 Å². The Hall–Kier alpha value is -1.81. The van der Waals surface area contributed by atoms with Crippen LogP contribution in [0.5, 0.6) is 0 Å². The Balaban J connectivity index is 2.25. The van der Waals surface area contributed by atoms with Crippen molar-refractivity contribution in [3.63, 3.8) is 0 Å². The van der Waals surface area contributed by atoms with Gasteiger partial charge in [-0.05, 0) is 35.2 Å². The van der Waals surface area contributed by atoms with Crippen molar-refractivity contribution in [2.24, 2.45) is 0 Å². The van der Waals surface area contributed by atoms with Crippen LogP contribution in [0.1, 0.15) is 36.7 Å². The fraction of sp³-hybridized carbons (Fsp3) is 0.250. The third-order valence-electron chi connectivity index (χ3n) is 2.94. The molecule has 0 saturated carbocycles. The monoisotopic (exact) mass is 287 g/mol. The van der Waals surface area contributed by atoms with E-state index >= 15 is 0 Å². The summed E-state index contributed by atoms with van der Waals surface area (Å²) in [6, 6.07) is 11.4. The fourth-order valence-corrected chi connectivity index (χ4v) is 2.64. The first-order valence-corrected chi connectivity index (χ1v) is 7.16. The zero-order valence-electron chi connectivity index (χ0n) is 11.8. The molecule has 0 bridgehead atoms. The van der Waals surface area contributed by atoms with Crippen LogP contribution >= 0.6 is 11.8 Å². The molecule has 104 valence electrons. The third kappa shape index (κ3) is 3.39. The molecule has 0 aliphatic carbocycles. The quantitative estimate of drug-likeness (QED) is 0.918. The highest BCUT2D eigenvalue weighted by molar-refractivity contribution is 7.99. The molecule has 1 aromatic carbocycles. The van der Waals surface area contributed by atoms with Gasteiger partial charge in [0.15, 0.2) is 0 Å². The van der Waals surface area contributed by atoms with Gasteiger partial charge in [-0.1, -0.05) is 44.7 Å². The largest absolute Gasteiger partial charge is 0.478 e. The number of aromatic nitrogens is 1. The van der Waals surface area contributed by atoms with E-state index in [1.165, 1.54) is 17.3 Å². The van der Waals surface area contributed by atoms with Crippen LogP contribution in [0, 0.1) is 0 Å². The van der Waals surface area contributed by atoms with Crippen LogP contribution in [-0.4, -0.2) is 16.1 Å². The minimum absolute atomic E-state index is 0.112. The summed E-state index contributed by atoms with van der Waals surface area (Å²) in [6.45, 7) is 6.49. The first kappa shape index (κ1) is 14.6. The Kier molecular flexibility index (Phi) is 4.14. The number of carboxylic acid groups (broad SMARTS) is 1. The van der Waals surface area contributed by atoms with Crippen molar-refractivity contribution < 1.29 is 9.90 Å². The topological polar surface area (TPSA) is 50.2 Å². The van der Waals surface area contributed by atoms with Gasteiger partial charge in [-0.15, -0.1) is 0 Å². The molecule has 0 unspecified atom stereocenters. The normalized spacial score (nSPS) is 11.3. The first-order valence-electron chi connectivity index (χ1n) is 6.34. The van der Waals surface area contributed by atoms with E-state index in [1.54, 1.807) is 18.3 Å². The third-order valence-corrected chi connectivity index (χ3v) is 3.96. The van der Waals surface area contributed by atoms with E-state index in [0.29, 0.717) is 5.03 Å². The van der Waals surface area contributed by atoms with Gasteiger partial charge in [-0.2, -0.15) is 0 Å². The van der Waals surface area contributed by atoms with Crippen molar-refractivity contribution in [2.45, 2.75) is 36.1 Å². The Morgan fingerprint density at radius 2 is 1.80 bits per heavy atom. The molecule has 3 nitrogen and oxygen atoms in total. The predicted octanol–water partition coefficient (Wildman–Crippen LogP) is 4.23. The molecule has 2 aromatic rings. The summed E-state index contributed by atoms with van der Waals surface area (Å²) >= 11 is 1.37. The number of hydrogen-bond acceptors (Lipinski definition) is 3. The Labute approximate surface area is 123 Å². The molecular weight excluding hydrogens is 270 g/mol. The molecule has 0 radical (unpaired) electrons. The van der Waals surface area contributed by atoms with Gasteiger partial charge in [0, 0.05) is 11.1 Å². The van der Waals surface area contributed by atoms with Gasteiger partial charge in [0.25, 0.3) is 0 Å². The lowest BCUT2D eigenvalue weighted by atomic mass is 9.87. The molecule has 0 aliphatic rings. The van der Waals surface area contributed by atoms with E-state index in [4.69, 9.17) is 5.11 Å². The number of aromatic carboxylic acids is 1. The van der Waals surface area contributed by atoms with Crippen molar-refractivity contribution in [2.75, 3.05) is 0 Å². The smallest absolute Gasteiger partial charge is 0.338 e. The minimum atomic E-state index is -0.952. The molecule has 0 saturated heterocycles. The van der Waals surface area contributed by atoms with Crippen LogP contribution in [0.25, 0.3) is 0 Å². The molecule has 0 amide bonds. The van der Waals surface area contributed by atoms with E-state index in [-0.39, 0.29) is 11.0 Å². The van der Waals surface area contributed by atoms with Crippen molar-refractivity contribution in [1.82, 2.24) is 4.98 Å². The lowest BCUT2D eigenvalue weighted by Gasteiger charge is -2.19. The Morgan fingerprint density at radius 1 is 1.15 bits per heavy atom. The average Bonchev–Trinajstić information content (AvgIpc) is 2.38. The minimum Gasteiger partial charge on any atom is -0.478 e. The van der Waals surface area contributed by atoms with Crippen LogP contribution in [-0.2, 0) is 5.41 Å². The zero-order valence-corrected chi connectivity index (χ0v) is 12.6. The number of carbonyl (C=O) groups is 1. The second kappa shape index (κ2) is 5.67. The number of nitrogens with zero attached hydrogens (tertiary/aromatic N) is 1. The molecule has 1 aromatic heterocycles. The Morgan fingerprint density at radius 3 is 2.35 bits per heavy atom. The maximum absolute atomic E-state index is 11.1. The van der Waals surface area contributed by atoms with Gasteiger partial charge in [-0.25, -0.2) is 9.78 Å². The maximum Gasteiger partial charge on any atom is 0.338 e. The SMILES string of the molecule is CC(C)(C)c1ccc(Sc2ncccc2C(=O)O)cc1. The van der Waals surface area contributed by atoms with E-state index in [9.17, 15) is 4.79 Å². The van der Waals surface area contributed by atoms with Crippen molar-refractivity contribution in [3.8, 4) is 0 Å². The first-order chi connectivity index (χ1) is 9.38. The second-order valence-corrected chi connectivity index (χ2v) is 6.60. The van der Waals surface area contributed by atoms with E-state index in [1.807, 2.05) is 12.1 Å².